The van der Waals surface area contributed by atoms with Gasteiger partial charge in [-0.1, -0.05) is 0 Å². The van der Waals surface area contributed by atoms with Gasteiger partial charge in [0.25, 0.3) is 0 Å². The van der Waals surface area contributed by atoms with E-state index in [1.807, 2.05) is 26.2 Å². The number of aromatic nitrogens is 4. The minimum absolute atomic E-state index is 0.115. The number of fused-ring (bicyclic) bond motifs is 1. The Balaban J connectivity index is 1.76. The van der Waals surface area contributed by atoms with Gasteiger partial charge in [-0.05, 0) is 6.92 Å². The topological polar surface area (TPSA) is 76.0 Å². The van der Waals surface area contributed by atoms with E-state index in [2.05, 4.69) is 70.7 Å². The molecule has 0 bridgehead atoms. The Labute approximate surface area is 193 Å². The first-order chi connectivity index (χ1) is 15.0. The molecule has 6 nitrogen and oxygen atoms in total. The van der Waals surface area contributed by atoms with Gasteiger partial charge in [0.1, 0.15) is 0 Å². The maximum atomic E-state index is 4.62. The molecule has 0 spiro atoms. The van der Waals surface area contributed by atoms with E-state index in [1.54, 1.807) is 6.33 Å². The van der Waals surface area contributed by atoms with Crippen LogP contribution in [0.5, 0.6) is 0 Å². The molecule has 3 heterocycles. The fourth-order valence-corrected chi connectivity index (χ4v) is 5.26. The second-order valence-corrected chi connectivity index (χ2v) is 9.38. The standard InChI is InChI=1S/C24H26IN6/c1-5-6-18-9-20(23-26-12-15(2)13-27-23)10-21-22(18)28-14-29-24(21)30-17(4)19-8-7-16(3)31-25-11-19/h7-14,17H,5-6H2,1-4H3,(H,28,29,30)/q-1/t17-/m0/s1. The molecule has 1 aromatic carbocycles. The number of aryl methyl sites for hydroxylation is 2. The Bertz CT molecular complexity index is 1180. The molecule has 0 aliphatic carbocycles. The van der Waals surface area contributed by atoms with Crippen LogP contribution in [0, 0.1) is 6.92 Å². The van der Waals surface area contributed by atoms with Gasteiger partial charge in [0.2, 0.25) is 0 Å². The van der Waals surface area contributed by atoms with Crippen molar-refractivity contribution in [2.24, 2.45) is 3.21 Å². The number of allylic oxidation sites excluding steroid dienone is 1. The van der Waals surface area contributed by atoms with Gasteiger partial charge in [0.15, 0.2) is 0 Å². The summed E-state index contributed by atoms with van der Waals surface area (Å²) in [4.78, 5) is 18.3. The Morgan fingerprint density at radius 2 is 1.84 bits per heavy atom. The van der Waals surface area contributed by atoms with Crippen molar-refractivity contribution in [3.63, 3.8) is 0 Å². The molecule has 4 rings (SSSR count). The van der Waals surface area contributed by atoms with E-state index < -0.39 is 0 Å². The molecule has 0 saturated heterocycles. The van der Waals surface area contributed by atoms with Gasteiger partial charge >= 0.3 is 187 Å². The number of hydrogen-bond donors (Lipinski definition) is 1. The number of benzene rings is 1. The molecule has 0 saturated carbocycles. The molecule has 0 radical (unpaired) electrons. The van der Waals surface area contributed by atoms with Gasteiger partial charge in [-0.2, -0.15) is 0 Å². The third-order valence-electron chi connectivity index (χ3n) is 5.10. The van der Waals surface area contributed by atoms with E-state index in [0.29, 0.717) is 0 Å². The van der Waals surface area contributed by atoms with Crippen molar-refractivity contribution in [1.82, 2.24) is 19.9 Å². The van der Waals surface area contributed by atoms with E-state index in [4.69, 9.17) is 0 Å². The van der Waals surface area contributed by atoms with Crippen LogP contribution in [0.4, 0.5) is 5.82 Å². The van der Waals surface area contributed by atoms with E-state index in [1.165, 1.54) is 11.1 Å². The van der Waals surface area contributed by atoms with Gasteiger partial charge in [-0.3, -0.25) is 0 Å². The zero-order chi connectivity index (χ0) is 21.8. The Hall–Kier alpha value is -2.68. The van der Waals surface area contributed by atoms with Crippen LogP contribution in [-0.2, 0) is 6.42 Å². The van der Waals surface area contributed by atoms with Crippen LogP contribution in [0.3, 0.4) is 0 Å². The summed E-state index contributed by atoms with van der Waals surface area (Å²) >= 11 is -0.313. The van der Waals surface area contributed by atoms with Crippen LogP contribution in [0.25, 0.3) is 22.3 Å². The van der Waals surface area contributed by atoms with Gasteiger partial charge in [-0.25, -0.2) is 0 Å². The van der Waals surface area contributed by atoms with Crippen molar-refractivity contribution < 1.29 is 21.5 Å². The molecule has 0 fully saturated rings. The molecule has 1 aliphatic heterocycles. The second kappa shape index (κ2) is 9.64. The Morgan fingerprint density at radius 3 is 2.61 bits per heavy atom. The molecular weight excluding hydrogens is 499 g/mol. The maximum absolute atomic E-state index is 4.62. The van der Waals surface area contributed by atoms with E-state index in [9.17, 15) is 0 Å². The number of nitrogens with one attached hydrogen (secondary N) is 1. The van der Waals surface area contributed by atoms with Crippen LogP contribution in [-0.4, -0.2) is 31.7 Å². The van der Waals surface area contributed by atoms with Gasteiger partial charge < -0.3 is 0 Å². The van der Waals surface area contributed by atoms with Crippen molar-refractivity contribution in [2.75, 3.05) is 5.32 Å². The molecule has 0 unspecified atom stereocenters. The molecule has 0 amide bonds. The quantitative estimate of drug-likeness (QED) is 0.499. The third-order valence-corrected chi connectivity index (χ3v) is 7.14. The normalized spacial score (nSPS) is 15.0. The van der Waals surface area contributed by atoms with Crippen molar-refractivity contribution in [1.29, 1.82) is 0 Å². The van der Waals surface area contributed by atoms with E-state index >= 15 is 0 Å². The minimum atomic E-state index is -0.313. The molecule has 3 aromatic rings. The number of rotatable bonds is 6. The average Bonchev–Trinajstić information content (AvgIpc) is 2.99. The summed E-state index contributed by atoms with van der Waals surface area (Å²) in [5, 5.41) is 4.61. The SMILES string of the molecule is CCCc1cc(-c2ncc(C)cn2)cc2c(N[C@@H](C)C3=C[I-]N=C(C)C=C3)ncnc12. The van der Waals surface area contributed by atoms with Crippen LogP contribution < -0.4 is 26.8 Å². The molecule has 31 heavy (non-hydrogen) atoms. The molecule has 2 aromatic heterocycles. The average molecular weight is 525 g/mol. The van der Waals surface area contributed by atoms with Crippen LogP contribution in [0.1, 0.15) is 38.3 Å². The molecule has 1 atom stereocenters. The molecule has 1 N–H and O–H groups in total. The predicted molar refractivity (Wildman–Crippen MR) is 123 cm³/mol. The van der Waals surface area contributed by atoms with Gasteiger partial charge in [0.05, 0.1) is 0 Å². The molecule has 160 valence electrons. The Kier molecular flexibility index (Phi) is 6.70. The van der Waals surface area contributed by atoms with Gasteiger partial charge in [-0.15, -0.1) is 0 Å². The fraction of sp³-hybridized carbons (Fsp3) is 0.292. The summed E-state index contributed by atoms with van der Waals surface area (Å²) in [6.07, 6.45) is 11.6. The summed E-state index contributed by atoms with van der Waals surface area (Å²) in [7, 11) is 0. The van der Waals surface area contributed by atoms with Crippen LogP contribution >= 0.6 is 0 Å². The molecule has 7 heteroatoms. The number of halogens is 1. The van der Waals surface area contributed by atoms with Crippen LogP contribution in [0.15, 0.2) is 55.9 Å². The van der Waals surface area contributed by atoms with Crippen molar-refractivity contribution in [3.05, 3.63) is 63.8 Å². The summed E-state index contributed by atoms with van der Waals surface area (Å²) in [5.74, 6) is 1.55. The summed E-state index contributed by atoms with van der Waals surface area (Å²) in [6.45, 7) is 8.39. The first-order valence-corrected chi connectivity index (χ1v) is 12.6. The third kappa shape index (κ3) is 4.98. The van der Waals surface area contributed by atoms with Gasteiger partial charge in [0, 0.05) is 0 Å². The zero-order valence-corrected chi connectivity index (χ0v) is 20.4. The van der Waals surface area contributed by atoms with Crippen molar-refractivity contribution in [3.8, 4) is 11.4 Å². The second-order valence-electron chi connectivity index (χ2n) is 7.72. The number of nitrogens with zero attached hydrogens (tertiary/aromatic N) is 5. The van der Waals surface area contributed by atoms with E-state index in [-0.39, 0.29) is 27.5 Å². The summed E-state index contributed by atoms with van der Waals surface area (Å²) in [6, 6.07) is 4.38. The van der Waals surface area contributed by atoms with Crippen molar-refractivity contribution in [2.45, 2.75) is 46.6 Å². The molecule has 1 aliphatic rings. The van der Waals surface area contributed by atoms with E-state index in [0.717, 1.165) is 52.2 Å². The Morgan fingerprint density at radius 1 is 1.03 bits per heavy atom. The van der Waals surface area contributed by atoms with Crippen molar-refractivity contribution >= 4 is 22.4 Å². The summed E-state index contributed by atoms with van der Waals surface area (Å²) < 4.78 is 6.86. The first kappa shape index (κ1) is 21.5. The first-order valence-electron chi connectivity index (χ1n) is 10.4. The fourth-order valence-electron chi connectivity index (χ4n) is 3.45. The summed E-state index contributed by atoms with van der Waals surface area (Å²) in [5.41, 5.74) is 6.55. The number of anilines is 1. The monoisotopic (exact) mass is 525 g/mol. The van der Waals surface area contributed by atoms with Crippen LogP contribution in [0.2, 0.25) is 0 Å². The zero-order valence-electron chi connectivity index (χ0n) is 18.2. The molecular formula is C24H26IN6-. The predicted octanol–water partition coefficient (Wildman–Crippen LogP) is 2.07. The number of hydrogen-bond acceptors (Lipinski definition) is 6.